The molecule has 1 fully saturated rings. The van der Waals surface area contributed by atoms with Gasteiger partial charge >= 0.3 is 0 Å². The lowest BCUT2D eigenvalue weighted by atomic mass is 9.80. The Bertz CT molecular complexity index is 887. The van der Waals surface area contributed by atoms with Crippen LogP contribution in [-0.4, -0.2) is 62.7 Å². The summed E-state index contributed by atoms with van der Waals surface area (Å²) in [6.07, 6.45) is 2.80. The van der Waals surface area contributed by atoms with Gasteiger partial charge in [0.15, 0.2) is 0 Å². The Morgan fingerprint density at radius 2 is 1.82 bits per heavy atom. The van der Waals surface area contributed by atoms with E-state index in [0.29, 0.717) is 45.5 Å². The van der Waals surface area contributed by atoms with Crippen LogP contribution in [0, 0.1) is 23.7 Å². The first kappa shape index (κ1) is 34.4. The molecule has 4 atom stereocenters. The Hall–Kier alpha value is -1.81. The molecule has 0 spiro atoms. The van der Waals surface area contributed by atoms with Gasteiger partial charge in [0.2, 0.25) is 5.91 Å². The predicted octanol–water partition coefficient (Wildman–Crippen LogP) is 5.06. The lowest BCUT2D eigenvalue weighted by molar-refractivity contribution is -0.129. The van der Waals surface area contributed by atoms with Gasteiger partial charge in [0.05, 0.1) is 18.3 Å². The monoisotopic (exact) mass is 570 g/mol. The van der Waals surface area contributed by atoms with Gasteiger partial charge in [-0.3, -0.25) is 4.79 Å². The standard InChI is InChI=1S/C31H52F2N2O5/c1-20(2)23(16-22-8-9-26(31(5,32)33)29(17-22)40-13-7-12-38-6)18-27(34)28(36)19-25(21(3)4)30(37)35-24-10-14-39-15-11-24/h8-9,17,20-21,23-25,27-28,36H,7,10-16,18-19,34H2,1-6H3,(H,35,37)/t23-,25-,27-,28-/m0/s1. The molecule has 1 aliphatic rings. The molecule has 40 heavy (non-hydrogen) atoms. The van der Waals surface area contributed by atoms with Crippen LogP contribution in [0.4, 0.5) is 8.78 Å². The Kier molecular flexibility index (Phi) is 14.3. The van der Waals surface area contributed by atoms with Gasteiger partial charge in [-0.25, -0.2) is 8.78 Å². The van der Waals surface area contributed by atoms with E-state index in [9.17, 15) is 18.7 Å². The molecule has 0 saturated carbocycles. The molecule has 0 unspecified atom stereocenters. The maximum Gasteiger partial charge on any atom is 0.274 e. The zero-order chi connectivity index (χ0) is 29.9. The van der Waals surface area contributed by atoms with Crippen molar-refractivity contribution in [2.24, 2.45) is 29.4 Å². The number of halogens is 2. The van der Waals surface area contributed by atoms with Gasteiger partial charge < -0.3 is 30.4 Å². The number of hydrogen-bond acceptors (Lipinski definition) is 6. The van der Waals surface area contributed by atoms with Crippen molar-refractivity contribution < 1.29 is 32.9 Å². The first-order valence-electron chi connectivity index (χ1n) is 14.8. The second-order valence-corrected chi connectivity index (χ2v) is 12.1. The van der Waals surface area contributed by atoms with Crippen LogP contribution in [0.2, 0.25) is 0 Å². The summed E-state index contributed by atoms with van der Waals surface area (Å²) < 4.78 is 44.6. The number of ether oxygens (including phenoxy) is 3. The van der Waals surface area contributed by atoms with Crippen molar-refractivity contribution >= 4 is 5.91 Å². The van der Waals surface area contributed by atoms with Crippen molar-refractivity contribution in [1.82, 2.24) is 5.32 Å². The quantitative estimate of drug-likeness (QED) is 0.226. The highest BCUT2D eigenvalue weighted by Crippen LogP contribution is 2.36. The third-order valence-electron chi connectivity index (χ3n) is 7.98. The smallest absolute Gasteiger partial charge is 0.274 e. The van der Waals surface area contributed by atoms with E-state index in [-0.39, 0.29) is 53.5 Å². The van der Waals surface area contributed by atoms with Gasteiger partial charge in [-0.05, 0) is 67.6 Å². The van der Waals surface area contributed by atoms with Gasteiger partial charge in [0, 0.05) is 58.3 Å². The van der Waals surface area contributed by atoms with E-state index in [1.807, 2.05) is 13.8 Å². The van der Waals surface area contributed by atoms with Gasteiger partial charge in [-0.15, -0.1) is 0 Å². The molecule has 0 radical (unpaired) electrons. The average molecular weight is 571 g/mol. The number of carbonyl (C=O) groups excluding carboxylic acids is 1. The molecule has 4 N–H and O–H groups in total. The summed E-state index contributed by atoms with van der Waals surface area (Å²) in [4.78, 5) is 13.0. The van der Waals surface area contributed by atoms with E-state index in [0.717, 1.165) is 25.3 Å². The molecule has 9 heteroatoms. The van der Waals surface area contributed by atoms with Gasteiger partial charge in [-0.2, -0.15) is 0 Å². The normalized spacial score (nSPS) is 18.0. The van der Waals surface area contributed by atoms with Crippen LogP contribution in [0.5, 0.6) is 5.75 Å². The van der Waals surface area contributed by atoms with Crippen molar-refractivity contribution in [3.8, 4) is 5.75 Å². The Balaban J connectivity index is 2.07. The molecule has 1 aromatic rings. The van der Waals surface area contributed by atoms with Gasteiger partial charge in [0.25, 0.3) is 5.92 Å². The fourth-order valence-electron chi connectivity index (χ4n) is 5.23. The lowest BCUT2D eigenvalue weighted by Crippen LogP contribution is -2.46. The molecule has 1 saturated heterocycles. The molecule has 1 heterocycles. The Morgan fingerprint density at radius 1 is 1.15 bits per heavy atom. The number of aliphatic hydroxyl groups excluding tert-OH is 1. The maximum atomic E-state index is 14.2. The topological polar surface area (TPSA) is 103 Å². The minimum absolute atomic E-state index is 0.0422. The van der Waals surface area contributed by atoms with Crippen molar-refractivity contribution in [2.75, 3.05) is 33.5 Å². The van der Waals surface area contributed by atoms with Gasteiger partial charge in [-0.1, -0.05) is 33.8 Å². The molecule has 1 aromatic carbocycles. The predicted molar refractivity (Wildman–Crippen MR) is 154 cm³/mol. The number of amides is 1. The van der Waals surface area contributed by atoms with Crippen LogP contribution in [0.1, 0.15) is 77.8 Å². The highest BCUT2D eigenvalue weighted by Gasteiger charge is 2.32. The molecule has 1 amide bonds. The van der Waals surface area contributed by atoms with Gasteiger partial charge in [0.1, 0.15) is 5.75 Å². The van der Waals surface area contributed by atoms with Crippen molar-refractivity contribution in [1.29, 1.82) is 0 Å². The number of hydrogen-bond donors (Lipinski definition) is 3. The summed E-state index contributed by atoms with van der Waals surface area (Å²) in [5.74, 6) is -2.82. The number of alkyl halides is 2. The molecular formula is C31H52F2N2O5. The largest absolute Gasteiger partial charge is 0.493 e. The zero-order valence-electron chi connectivity index (χ0n) is 25.3. The number of benzene rings is 1. The Labute approximate surface area is 239 Å². The number of carbonyl (C=O) groups is 1. The summed E-state index contributed by atoms with van der Waals surface area (Å²) in [6.45, 7) is 11.1. The summed E-state index contributed by atoms with van der Waals surface area (Å²) in [7, 11) is 1.59. The van der Waals surface area contributed by atoms with Crippen LogP contribution in [0.15, 0.2) is 18.2 Å². The minimum Gasteiger partial charge on any atom is -0.493 e. The van der Waals surface area contributed by atoms with E-state index in [2.05, 4.69) is 19.2 Å². The molecule has 230 valence electrons. The summed E-state index contributed by atoms with van der Waals surface area (Å²) in [5, 5.41) is 14.2. The third kappa shape index (κ3) is 11.2. The highest BCUT2D eigenvalue weighted by atomic mass is 19.3. The van der Waals surface area contributed by atoms with E-state index in [1.165, 1.54) is 6.07 Å². The number of nitrogens with one attached hydrogen (secondary N) is 1. The zero-order valence-corrected chi connectivity index (χ0v) is 25.3. The van der Waals surface area contributed by atoms with Crippen molar-refractivity contribution in [2.45, 2.75) is 97.3 Å². The first-order valence-corrected chi connectivity index (χ1v) is 14.8. The second kappa shape index (κ2) is 16.6. The van der Waals surface area contributed by atoms with Crippen LogP contribution >= 0.6 is 0 Å². The fraction of sp³-hybridized carbons (Fsp3) is 0.774. The van der Waals surface area contributed by atoms with Crippen LogP contribution in [0.3, 0.4) is 0 Å². The summed E-state index contributed by atoms with van der Waals surface area (Å²) >= 11 is 0. The van der Waals surface area contributed by atoms with Crippen molar-refractivity contribution in [3.63, 3.8) is 0 Å². The molecule has 0 bridgehead atoms. The SMILES string of the molecule is COCCCOc1cc(C[C@@H](C[C@H](N)[C@@H](O)C[C@H](C(=O)NC2CCOCC2)C(C)C)C(C)C)ccc1C(C)(F)F. The molecule has 0 aromatic heterocycles. The molecule has 2 rings (SSSR count). The Morgan fingerprint density at radius 3 is 2.40 bits per heavy atom. The van der Waals surface area contributed by atoms with E-state index in [4.69, 9.17) is 19.9 Å². The molecule has 1 aliphatic heterocycles. The van der Waals surface area contributed by atoms with Crippen LogP contribution in [0.25, 0.3) is 0 Å². The maximum absolute atomic E-state index is 14.2. The molecule has 0 aliphatic carbocycles. The molecular weight excluding hydrogens is 518 g/mol. The van der Waals surface area contributed by atoms with Crippen LogP contribution < -0.4 is 15.8 Å². The van der Waals surface area contributed by atoms with E-state index < -0.39 is 18.1 Å². The summed E-state index contributed by atoms with van der Waals surface area (Å²) in [5.41, 5.74) is 7.26. The number of nitrogens with two attached hydrogens (primary N) is 1. The first-order chi connectivity index (χ1) is 18.8. The second-order valence-electron chi connectivity index (χ2n) is 12.1. The average Bonchev–Trinajstić information content (AvgIpc) is 2.88. The number of rotatable bonds is 17. The number of aliphatic hydroxyl groups is 1. The highest BCUT2D eigenvalue weighted by molar-refractivity contribution is 5.79. The van der Waals surface area contributed by atoms with Crippen LogP contribution in [-0.2, 0) is 26.6 Å². The third-order valence-corrected chi connectivity index (χ3v) is 7.98. The summed E-state index contributed by atoms with van der Waals surface area (Å²) in [6, 6.07) is 4.45. The van der Waals surface area contributed by atoms with E-state index >= 15 is 0 Å². The lowest BCUT2D eigenvalue weighted by Gasteiger charge is -2.31. The van der Waals surface area contributed by atoms with E-state index in [1.54, 1.807) is 19.2 Å². The number of methoxy groups -OCH3 is 1. The minimum atomic E-state index is -3.02. The van der Waals surface area contributed by atoms with Crippen molar-refractivity contribution in [3.05, 3.63) is 29.3 Å². The fourth-order valence-corrected chi connectivity index (χ4v) is 5.23. The molecule has 7 nitrogen and oxygen atoms in total.